The topological polar surface area (TPSA) is 41.9 Å². The lowest BCUT2D eigenvalue weighted by Gasteiger charge is -2.51. The molecule has 4 aliphatic rings. The SMILES string of the molecule is COc1cc(N2CCCCC2)ccc1[C@H]1OCCC23C[C@@H](C[C@H]12)C(C)(C)[C@H]3O. The molecule has 0 amide bonds. The number of rotatable bonds is 3. The third-order valence-corrected chi connectivity index (χ3v) is 8.68. The highest BCUT2D eigenvalue weighted by Crippen LogP contribution is 2.70. The van der Waals surface area contributed by atoms with Gasteiger partial charge >= 0.3 is 0 Å². The van der Waals surface area contributed by atoms with Gasteiger partial charge in [-0.1, -0.05) is 19.9 Å². The summed E-state index contributed by atoms with van der Waals surface area (Å²) in [5, 5.41) is 11.2. The number of ether oxygens (including phenoxy) is 2. The Bertz CT molecular complexity index is 741. The van der Waals surface area contributed by atoms with Crippen LogP contribution in [0.3, 0.4) is 0 Å². The molecule has 1 aromatic carbocycles. The predicted molar refractivity (Wildman–Crippen MR) is 111 cm³/mol. The second kappa shape index (κ2) is 6.63. The van der Waals surface area contributed by atoms with Crippen LogP contribution in [0, 0.1) is 22.7 Å². The molecule has 2 bridgehead atoms. The number of methoxy groups -OCH3 is 1. The van der Waals surface area contributed by atoms with Gasteiger partial charge in [0.25, 0.3) is 0 Å². The normalized spacial score (nSPS) is 39.1. The van der Waals surface area contributed by atoms with Crippen LogP contribution in [0.2, 0.25) is 0 Å². The van der Waals surface area contributed by atoms with Crippen LogP contribution in [-0.2, 0) is 4.74 Å². The highest BCUT2D eigenvalue weighted by atomic mass is 16.5. The molecular weight excluding hydrogens is 350 g/mol. The summed E-state index contributed by atoms with van der Waals surface area (Å²) in [6, 6.07) is 6.69. The Hall–Kier alpha value is -1.26. The number of nitrogens with zero attached hydrogens (tertiary/aromatic N) is 1. The van der Waals surface area contributed by atoms with E-state index in [-0.39, 0.29) is 23.0 Å². The maximum atomic E-state index is 11.2. The number of anilines is 1. The standard InChI is InChI=1S/C24H35NO3/c1-23(2)16-13-19-21(28-12-9-24(19,15-16)22(23)26)18-8-7-17(14-20(18)27-3)25-10-5-4-6-11-25/h7-8,14,16,19,21-22,26H,4-6,9-13,15H2,1-3H3/t16-,19-,21-,22-,24?/m1/s1. The Morgan fingerprint density at radius 3 is 2.68 bits per heavy atom. The quantitative estimate of drug-likeness (QED) is 0.828. The van der Waals surface area contributed by atoms with Crippen LogP contribution in [-0.4, -0.2) is 38.0 Å². The van der Waals surface area contributed by atoms with E-state index in [0.717, 1.165) is 44.7 Å². The van der Waals surface area contributed by atoms with Crippen molar-refractivity contribution in [3.05, 3.63) is 23.8 Å². The van der Waals surface area contributed by atoms with E-state index < -0.39 is 0 Å². The van der Waals surface area contributed by atoms with Crippen LogP contribution in [0.4, 0.5) is 5.69 Å². The lowest BCUT2D eigenvalue weighted by molar-refractivity contribution is -0.164. The number of aliphatic hydroxyl groups is 1. The fraction of sp³-hybridized carbons (Fsp3) is 0.750. The zero-order valence-corrected chi connectivity index (χ0v) is 17.6. The molecule has 5 atom stereocenters. The highest BCUT2D eigenvalue weighted by Gasteiger charge is 2.68. The average Bonchev–Trinajstić information content (AvgIpc) is 3.21. The minimum atomic E-state index is -0.228. The number of fused-ring (bicyclic) bond motifs is 1. The summed E-state index contributed by atoms with van der Waals surface area (Å²) in [6.45, 7) is 7.52. The molecule has 1 spiro atoms. The van der Waals surface area contributed by atoms with Gasteiger partial charge < -0.3 is 19.5 Å². The fourth-order valence-corrected chi connectivity index (χ4v) is 7.01. The number of hydrogen-bond acceptors (Lipinski definition) is 4. The van der Waals surface area contributed by atoms with E-state index in [2.05, 4.69) is 36.9 Å². The van der Waals surface area contributed by atoms with Crippen LogP contribution in [0.15, 0.2) is 18.2 Å². The van der Waals surface area contributed by atoms with Gasteiger partial charge in [-0.05, 0) is 61.8 Å². The summed E-state index contributed by atoms with van der Waals surface area (Å²) >= 11 is 0. The van der Waals surface area contributed by atoms with E-state index in [9.17, 15) is 5.11 Å². The van der Waals surface area contributed by atoms with Gasteiger partial charge in [0.2, 0.25) is 0 Å². The Morgan fingerprint density at radius 1 is 1.18 bits per heavy atom. The summed E-state index contributed by atoms with van der Waals surface area (Å²) in [5.41, 5.74) is 2.48. The van der Waals surface area contributed by atoms with Gasteiger partial charge in [0.15, 0.2) is 0 Å². The summed E-state index contributed by atoms with van der Waals surface area (Å²) in [7, 11) is 1.77. The molecule has 4 nitrogen and oxygen atoms in total. The Kier molecular flexibility index (Phi) is 4.44. The van der Waals surface area contributed by atoms with Gasteiger partial charge in [0.1, 0.15) is 5.75 Å². The lowest BCUT2D eigenvalue weighted by atomic mass is 9.60. The molecule has 2 saturated heterocycles. The van der Waals surface area contributed by atoms with Crippen molar-refractivity contribution < 1.29 is 14.6 Å². The molecule has 154 valence electrons. The molecule has 2 heterocycles. The fourth-order valence-electron chi connectivity index (χ4n) is 7.01. The average molecular weight is 386 g/mol. The predicted octanol–water partition coefficient (Wildman–Crippen LogP) is 4.56. The van der Waals surface area contributed by atoms with E-state index in [4.69, 9.17) is 9.47 Å². The van der Waals surface area contributed by atoms with Crippen molar-refractivity contribution in [2.75, 3.05) is 31.7 Å². The molecule has 1 unspecified atom stereocenters. The second-order valence-electron chi connectivity index (χ2n) is 10.2. The Labute approximate surface area is 169 Å². The number of hydrogen-bond donors (Lipinski definition) is 1. The third-order valence-electron chi connectivity index (χ3n) is 8.68. The van der Waals surface area contributed by atoms with Crippen LogP contribution >= 0.6 is 0 Å². The summed E-state index contributed by atoms with van der Waals surface area (Å²) in [4.78, 5) is 2.48. The summed E-state index contributed by atoms with van der Waals surface area (Å²) in [6.07, 6.45) is 6.99. The molecule has 2 saturated carbocycles. The van der Waals surface area contributed by atoms with Crippen LogP contribution in [0.25, 0.3) is 0 Å². The van der Waals surface area contributed by atoms with Gasteiger partial charge in [0.05, 0.1) is 19.3 Å². The molecule has 2 aliphatic carbocycles. The van der Waals surface area contributed by atoms with Crippen LogP contribution in [0.5, 0.6) is 5.75 Å². The molecule has 2 aliphatic heterocycles. The second-order valence-corrected chi connectivity index (χ2v) is 10.2. The van der Waals surface area contributed by atoms with E-state index >= 15 is 0 Å². The molecule has 4 fully saturated rings. The van der Waals surface area contributed by atoms with Crippen molar-refractivity contribution in [1.82, 2.24) is 0 Å². The first-order valence-electron chi connectivity index (χ1n) is 11.2. The van der Waals surface area contributed by atoms with Gasteiger partial charge in [-0.25, -0.2) is 0 Å². The zero-order chi connectivity index (χ0) is 19.5. The third kappa shape index (κ3) is 2.56. The first-order chi connectivity index (χ1) is 13.5. The molecule has 0 aromatic heterocycles. The smallest absolute Gasteiger partial charge is 0.126 e. The molecule has 28 heavy (non-hydrogen) atoms. The molecule has 1 N–H and O–H groups in total. The minimum Gasteiger partial charge on any atom is -0.496 e. The number of benzene rings is 1. The van der Waals surface area contributed by atoms with Gasteiger partial charge in [-0.15, -0.1) is 0 Å². The monoisotopic (exact) mass is 385 g/mol. The highest BCUT2D eigenvalue weighted by molar-refractivity contribution is 5.55. The molecule has 5 rings (SSSR count). The molecule has 0 radical (unpaired) electrons. The first-order valence-corrected chi connectivity index (χ1v) is 11.2. The van der Waals surface area contributed by atoms with Crippen molar-refractivity contribution in [3.63, 3.8) is 0 Å². The van der Waals surface area contributed by atoms with Crippen LogP contribution < -0.4 is 9.64 Å². The van der Waals surface area contributed by atoms with Crippen molar-refractivity contribution in [2.24, 2.45) is 22.7 Å². The Balaban J connectivity index is 1.46. The number of piperidine rings is 1. The summed E-state index contributed by atoms with van der Waals surface area (Å²) in [5.74, 6) is 1.93. The van der Waals surface area contributed by atoms with Gasteiger partial charge in [-0.2, -0.15) is 0 Å². The van der Waals surface area contributed by atoms with Crippen molar-refractivity contribution in [3.8, 4) is 5.75 Å². The van der Waals surface area contributed by atoms with E-state index in [1.54, 1.807) is 7.11 Å². The maximum absolute atomic E-state index is 11.2. The largest absolute Gasteiger partial charge is 0.496 e. The Morgan fingerprint density at radius 2 is 1.96 bits per heavy atom. The molecular formula is C24H35NO3. The van der Waals surface area contributed by atoms with Gasteiger partial charge in [0, 0.05) is 42.4 Å². The van der Waals surface area contributed by atoms with Crippen molar-refractivity contribution in [1.29, 1.82) is 0 Å². The van der Waals surface area contributed by atoms with E-state index in [0.29, 0.717) is 11.8 Å². The molecule has 1 aromatic rings. The first kappa shape index (κ1) is 18.7. The zero-order valence-electron chi connectivity index (χ0n) is 17.6. The number of aliphatic hydroxyl groups excluding tert-OH is 1. The summed E-state index contributed by atoms with van der Waals surface area (Å²) < 4.78 is 12.2. The van der Waals surface area contributed by atoms with E-state index in [1.807, 2.05) is 0 Å². The lowest BCUT2D eigenvalue weighted by Crippen LogP contribution is -2.51. The minimum absolute atomic E-state index is 0.0215. The molecule has 4 heteroatoms. The van der Waals surface area contributed by atoms with Gasteiger partial charge in [-0.3, -0.25) is 0 Å². The van der Waals surface area contributed by atoms with E-state index in [1.165, 1.54) is 30.5 Å². The van der Waals surface area contributed by atoms with Crippen LogP contribution in [0.1, 0.15) is 64.0 Å². The van der Waals surface area contributed by atoms with Crippen molar-refractivity contribution >= 4 is 5.69 Å². The van der Waals surface area contributed by atoms with Crippen molar-refractivity contribution in [2.45, 2.75) is 64.6 Å². The maximum Gasteiger partial charge on any atom is 0.126 e.